The number of halogens is 1. The van der Waals surface area contributed by atoms with Crippen LogP contribution >= 0.6 is 15.9 Å². The third-order valence-corrected chi connectivity index (χ3v) is 3.81. The van der Waals surface area contributed by atoms with E-state index in [1.807, 2.05) is 49.4 Å². The molecule has 0 aliphatic carbocycles. The number of fused-ring (bicyclic) bond motifs is 1. The molecule has 2 aromatic carbocycles. The molecule has 0 fully saturated rings. The van der Waals surface area contributed by atoms with Crippen molar-refractivity contribution in [3.63, 3.8) is 0 Å². The topological polar surface area (TPSA) is 50.4 Å². The van der Waals surface area contributed by atoms with Crippen LogP contribution < -0.4 is 15.4 Å². The van der Waals surface area contributed by atoms with E-state index in [-0.39, 0.29) is 11.9 Å². The van der Waals surface area contributed by atoms with Crippen molar-refractivity contribution in [2.24, 2.45) is 0 Å². The number of carbonyl (C=O) groups is 1. The van der Waals surface area contributed by atoms with Crippen molar-refractivity contribution in [1.82, 2.24) is 0 Å². The van der Waals surface area contributed by atoms with Crippen molar-refractivity contribution in [2.45, 2.75) is 13.0 Å². The van der Waals surface area contributed by atoms with Gasteiger partial charge >= 0.3 is 0 Å². The van der Waals surface area contributed by atoms with Crippen molar-refractivity contribution in [1.29, 1.82) is 0 Å². The molecule has 1 aliphatic heterocycles. The molecule has 4 nitrogen and oxygen atoms in total. The zero-order chi connectivity index (χ0) is 14.8. The average molecular weight is 347 g/mol. The van der Waals surface area contributed by atoms with Crippen molar-refractivity contribution < 1.29 is 9.53 Å². The second-order valence-corrected chi connectivity index (χ2v) is 5.67. The van der Waals surface area contributed by atoms with Gasteiger partial charge in [0, 0.05) is 21.4 Å². The zero-order valence-electron chi connectivity index (χ0n) is 11.5. The van der Waals surface area contributed by atoms with Crippen molar-refractivity contribution in [3.8, 4) is 5.75 Å². The summed E-state index contributed by atoms with van der Waals surface area (Å²) in [6, 6.07) is 13.0. The molecular formula is C16H15BrN2O2. The number of benzene rings is 2. The minimum atomic E-state index is -0.379. The first-order valence-corrected chi connectivity index (χ1v) is 7.56. The molecule has 3 rings (SSSR count). The molecular weight excluding hydrogens is 332 g/mol. The van der Waals surface area contributed by atoms with Gasteiger partial charge in [0.15, 0.2) is 0 Å². The van der Waals surface area contributed by atoms with Gasteiger partial charge in [-0.3, -0.25) is 4.79 Å². The molecule has 0 saturated heterocycles. The number of rotatable bonds is 4. The van der Waals surface area contributed by atoms with Crippen LogP contribution in [-0.2, 0) is 4.79 Å². The molecule has 1 aliphatic rings. The maximum atomic E-state index is 12.1. The SMILES string of the molecule is CCOc1ccc(NC2C(=O)Nc3ccc(Br)cc32)cc1. The lowest BCUT2D eigenvalue weighted by Crippen LogP contribution is -2.19. The summed E-state index contributed by atoms with van der Waals surface area (Å²) in [5.41, 5.74) is 2.68. The second-order valence-electron chi connectivity index (χ2n) is 4.76. The van der Waals surface area contributed by atoms with Gasteiger partial charge in [0.1, 0.15) is 11.8 Å². The highest BCUT2D eigenvalue weighted by atomic mass is 79.9. The second kappa shape index (κ2) is 5.77. The summed E-state index contributed by atoms with van der Waals surface area (Å²) in [6.45, 7) is 2.59. The number of carbonyl (C=O) groups excluding carboxylic acids is 1. The minimum absolute atomic E-state index is 0.0445. The first kappa shape index (κ1) is 13.9. The van der Waals surface area contributed by atoms with Gasteiger partial charge < -0.3 is 15.4 Å². The quantitative estimate of drug-likeness (QED) is 0.880. The van der Waals surface area contributed by atoms with E-state index < -0.39 is 0 Å². The first-order valence-electron chi connectivity index (χ1n) is 6.77. The van der Waals surface area contributed by atoms with Crippen LogP contribution in [0, 0.1) is 0 Å². The van der Waals surface area contributed by atoms with E-state index in [0.29, 0.717) is 6.61 Å². The van der Waals surface area contributed by atoms with Crippen LogP contribution in [0.25, 0.3) is 0 Å². The molecule has 1 atom stereocenters. The zero-order valence-corrected chi connectivity index (χ0v) is 13.1. The van der Waals surface area contributed by atoms with Gasteiger partial charge in [-0.05, 0) is 49.4 Å². The number of hydrogen-bond donors (Lipinski definition) is 2. The van der Waals surface area contributed by atoms with E-state index in [1.54, 1.807) is 0 Å². The number of anilines is 2. The fourth-order valence-corrected chi connectivity index (χ4v) is 2.74. The van der Waals surface area contributed by atoms with Crippen LogP contribution in [0.4, 0.5) is 11.4 Å². The molecule has 0 radical (unpaired) electrons. The first-order chi connectivity index (χ1) is 10.2. The highest BCUT2D eigenvalue weighted by Gasteiger charge is 2.30. The summed E-state index contributed by atoms with van der Waals surface area (Å²) in [5, 5.41) is 6.13. The van der Waals surface area contributed by atoms with Crippen molar-refractivity contribution in [3.05, 3.63) is 52.5 Å². The van der Waals surface area contributed by atoms with E-state index >= 15 is 0 Å². The Morgan fingerprint density at radius 1 is 1.24 bits per heavy atom. The number of nitrogens with one attached hydrogen (secondary N) is 2. The van der Waals surface area contributed by atoms with Gasteiger partial charge in [0.25, 0.3) is 5.91 Å². The highest BCUT2D eigenvalue weighted by Crippen LogP contribution is 2.35. The van der Waals surface area contributed by atoms with E-state index in [0.717, 1.165) is 27.2 Å². The predicted octanol–water partition coefficient (Wildman–Crippen LogP) is 3.95. The number of ether oxygens (including phenoxy) is 1. The van der Waals surface area contributed by atoms with E-state index in [9.17, 15) is 4.79 Å². The Balaban J connectivity index is 1.82. The van der Waals surface area contributed by atoms with Crippen LogP contribution in [-0.4, -0.2) is 12.5 Å². The van der Waals surface area contributed by atoms with Crippen LogP contribution in [0.3, 0.4) is 0 Å². The van der Waals surface area contributed by atoms with Crippen LogP contribution in [0.5, 0.6) is 5.75 Å². The highest BCUT2D eigenvalue weighted by molar-refractivity contribution is 9.10. The molecule has 1 heterocycles. The summed E-state index contributed by atoms with van der Waals surface area (Å²) < 4.78 is 6.37. The molecule has 21 heavy (non-hydrogen) atoms. The normalized spacial score (nSPS) is 16.3. The molecule has 2 N–H and O–H groups in total. The Morgan fingerprint density at radius 3 is 2.71 bits per heavy atom. The van der Waals surface area contributed by atoms with E-state index in [4.69, 9.17) is 4.74 Å². The third-order valence-electron chi connectivity index (χ3n) is 3.32. The van der Waals surface area contributed by atoms with Gasteiger partial charge in [-0.2, -0.15) is 0 Å². The summed E-state index contributed by atoms with van der Waals surface area (Å²) in [4.78, 5) is 12.1. The maximum absolute atomic E-state index is 12.1. The van der Waals surface area contributed by atoms with Crippen LogP contribution in [0.2, 0.25) is 0 Å². The van der Waals surface area contributed by atoms with Gasteiger partial charge in [0.2, 0.25) is 0 Å². The summed E-state index contributed by atoms with van der Waals surface area (Å²) in [6.07, 6.45) is 0. The molecule has 108 valence electrons. The van der Waals surface area contributed by atoms with E-state index in [1.165, 1.54) is 0 Å². The molecule has 2 aromatic rings. The molecule has 0 aromatic heterocycles. The largest absolute Gasteiger partial charge is 0.494 e. The van der Waals surface area contributed by atoms with Crippen LogP contribution in [0.1, 0.15) is 18.5 Å². The number of hydrogen-bond acceptors (Lipinski definition) is 3. The summed E-state index contributed by atoms with van der Waals surface area (Å²) in [5.74, 6) is 0.777. The fraction of sp³-hybridized carbons (Fsp3) is 0.188. The molecule has 1 unspecified atom stereocenters. The van der Waals surface area contributed by atoms with Gasteiger partial charge in [-0.15, -0.1) is 0 Å². The smallest absolute Gasteiger partial charge is 0.251 e. The van der Waals surface area contributed by atoms with Gasteiger partial charge in [-0.1, -0.05) is 15.9 Å². The lowest BCUT2D eigenvalue weighted by molar-refractivity contribution is -0.116. The molecule has 1 amide bonds. The standard InChI is InChI=1S/C16H15BrN2O2/c1-2-21-12-6-4-11(5-7-12)18-15-13-9-10(17)3-8-14(13)19-16(15)20/h3-9,15,18H,2H2,1H3,(H,19,20). The monoisotopic (exact) mass is 346 g/mol. The molecule has 5 heteroatoms. The predicted molar refractivity (Wildman–Crippen MR) is 86.7 cm³/mol. The minimum Gasteiger partial charge on any atom is -0.494 e. The summed E-state index contributed by atoms with van der Waals surface area (Å²) >= 11 is 3.44. The van der Waals surface area contributed by atoms with E-state index in [2.05, 4.69) is 26.6 Å². The Bertz CT molecular complexity index is 670. The molecule has 0 saturated carbocycles. The Kier molecular flexibility index (Phi) is 3.84. The Labute approximate surface area is 131 Å². The number of amides is 1. The van der Waals surface area contributed by atoms with Gasteiger partial charge in [0.05, 0.1) is 6.61 Å². The molecule has 0 bridgehead atoms. The fourth-order valence-electron chi connectivity index (χ4n) is 2.36. The summed E-state index contributed by atoms with van der Waals surface area (Å²) in [7, 11) is 0. The van der Waals surface area contributed by atoms with Crippen molar-refractivity contribution in [2.75, 3.05) is 17.2 Å². The lowest BCUT2D eigenvalue weighted by atomic mass is 10.1. The Hall–Kier alpha value is -2.01. The maximum Gasteiger partial charge on any atom is 0.251 e. The van der Waals surface area contributed by atoms with Crippen LogP contribution in [0.15, 0.2) is 46.9 Å². The average Bonchev–Trinajstić information content (AvgIpc) is 2.77. The molecule has 0 spiro atoms. The lowest BCUT2D eigenvalue weighted by Gasteiger charge is -2.13. The Morgan fingerprint density at radius 2 is 2.00 bits per heavy atom. The van der Waals surface area contributed by atoms with Crippen molar-refractivity contribution >= 4 is 33.2 Å². The third kappa shape index (κ3) is 2.88. The van der Waals surface area contributed by atoms with Gasteiger partial charge in [-0.25, -0.2) is 0 Å².